The molecule has 0 aliphatic carbocycles. The maximum Gasteiger partial charge on any atom is 0.410 e. The Bertz CT molecular complexity index is 621. The predicted molar refractivity (Wildman–Crippen MR) is 77.7 cm³/mol. The number of piperidine rings is 1. The number of hydrogen-bond donors (Lipinski definition) is 1. The van der Waals surface area contributed by atoms with Gasteiger partial charge in [-0.25, -0.2) is 9.59 Å². The Hall–Kier alpha value is -2.81. The van der Waals surface area contributed by atoms with Crippen LogP contribution in [0, 0.1) is 11.3 Å². The van der Waals surface area contributed by atoms with Crippen LogP contribution in [0.3, 0.4) is 0 Å². The summed E-state index contributed by atoms with van der Waals surface area (Å²) in [5, 5.41) is 17.8. The summed E-state index contributed by atoms with van der Waals surface area (Å²) in [6.45, 7) is 0.931. The molecule has 0 aromatic heterocycles. The molecule has 0 spiro atoms. The van der Waals surface area contributed by atoms with E-state index in [2.05, 4.69) is 0 Å². The number of benzene rings is 1. The average molecular weight is 300 g/mol. The number of carboxylic acid groups (broad SMARTS) is 1. The fourth-order valence-electron chi connectivity index (χ4n) is 2.30. The molecule has 0 saturated carbocycles. The first-order valence-corrected chi connectivity index (χ1v) is 6.93. The minimum absolute atomic E-state index is 0.206. The topological polar surface area (TPSA) is 90.6 Å². The van der Waals surface area contributed by atoms with Gasteiger partial charge in [0.1, 0.15) is 18.2 Å². The smallest absolute Gasteiger partial charge is 0.410 e. The minimum Gasteiger partial charge on any atom is -0.477 e. The summed E-state index contributed by atoms with van der Waals surface area (Å²) in [4.78, 5) is 24.4. The zero-order chi connectivity index (χ0) is 15.9. The third-order valence-electron chi connectivity index (χ3n) is 3.51. The van der Waals surface area contributed by atoms with Crippen LogP contribution in [0.1, 0.15) is 18.4 Å². The Kier molecular flexibility index (Phi) is 5.15. The molecule has 1 aliphatic rings. The van der Waals surface area contributed by atoms with Gasteiger partial charge in [0.15, 0.2) is 0 Å². The van der Waals surface area contributed by atoms with Gasteiger partial charge in [-0.05, 0) is 24.0 Å². The van der Waals surface area contributed by atoms with Crippen molar-refractivity contribution in [3.8, 4) is 6.07 Å². The lowest BCUT2D eigenvalue weighted by molar-refractivity contribution is -0.132. The third kappa shape index (κ3) is 3.85. The van der Waals surface area contributed by atoms with Gasteiger partial charge in [0.2, 0.25) is 0 Å². The molecular formula is C16H16N2O4. The first-order valence-electron chi connectivity index (χ1n) is 6.93. The maximum absolute atomic E-state index is 12.0. The molecule has 1 N–H and O–H groups in total. The standard InChI is InChI=1S/C16H16N2O4/c17-10-14(15(19)20)13-6-8-18(9-7-13)16(21)22-11-12-4-2-1-3-5-12/h1-5H,6-9,11H2,(H,19,20). The quantitative estimate of drug-likeness (QED) is 0.683. The zero-order valence-electron chi connectivity index (χ0n) is 12.0. The van der Waals surface area contributed by atoms with Crippen molar-refractivity contribution in [2.75, 3.05) is 13.1 Å². The van der Waals surface area contributed by atoms with Gasteiger partial charge >= 0.3 is 12.1 Å². The van der Waals surface area contributed by atoms with E-state index in [1.54, 1.807) is 6.07 Å². The molecule has 0 unspecified atom stereocenters. The monoisotopic (exact) mass is 300 g/mol. The van der Waals surface area contributed by atoms with Crippen LogP contribution in [0.15, 0.2) is 41.5 Å². The van der Waals surface area contributed by atoms with Gasteiger partial charge in [-0.1, -0.05) is 30.3 Å². The fraction of sp³-hybridized carbons (Fsp3) is 0.312. The highest BCUT2D eigenvalue weighted by atomic mass is 16.6. The van der Waals surface area contributed by atoms with Crippen LogP contribution in [0.4, 0.5) is 4.79 Å². The minimum atomic E-state index is -1.21. The number of likely N-dealkylation sites (tertiary alicyclic amines) is 1. The molecule has 0 bridgehead atoms. The lowest BCUT2D eigenvalue weighted by Gasteiger charge is -2.27. The number of amides is 1. The first-order chi connectivity index (χ1) is 10.6. The second-order valence-electron chi connectivity index (χ2n) is 4.92. The van der Waals surface area contributed by atoms with Gasteiger partial charge in [0.25, 0.3) is 0 Å². The van der Waals surface area contributed by atoms with Crippen molar-refractivity contribution < 1.29 is 19.4 Å². The largest absolute Gasteiger partial charge is 0.477 e. The number of rotatable bonds is 3. The van der Waals surface area contributed by atoms with E-state index in [0.717, 1.165) is 5.56 Å². The summed E-state index contributed by atoms with van der Waals surface area (Å²) in [7, 11) is 0. The van der Waals surface area contributed by atoms with Crippen molar-refractivity contribution in [3.63, 3.8) is 0 Å². The maximum atomic E-state index is 12.0. The normalized spacial score (nSPS) is 14.1. The molecule has 1 fully saturated rings. The Labute approximate surface area is 128 Å². The van der Waals surface area contributed by atoms with Gasteiger partial charge in [-0.2, -0.15) is 5.26 Å². The molecule has 1 aliphatic heterocycles. The van der Waals surface area contributed by atoms with E-state index < -0.39 is 12.1 Å². The summed E-state index contributed by atoms with van der Waals surface area (Å²) < 4.78 is 5.23. The second kappa shape index (κ2) is 7.27. The molecular weight excluding hydrogens is 284 g/mol. The van der Waals surface area contributed by atoms with Crippen LogP contribution < -0.4 is 0 Å². The van der Waals surface area contributed by atoms with Gasteiger partial charge in [-0.15, -0.1) is 0 Å². The molecule has 1 heterocycles. The number of carboxylic acids is 1. The summed E-state index contributed by atoms with van der Waals surface area (Å²) in [6.07, 6.45) is 0.349. The molecule has 1 aromatic carbocycles. The SMILES string of the molecule is N#CC(C(=O)O)=C1CCN(C(=O)OCc2ccccc2)CC1. The van der Waals surface area contributed by atoms with Crippen LogP contribution in [0.2, 0.25) is 0 Å². The zero-order valence-corrected chi connectivity index (χ0v) is 12.0. The summed E-state index contributed by atoms with van der Waals surface area (Å²) in [6, 6.07) is 11.1. The van der Waals surface area contributed by atoms with Gasteiger partial charge in [0.05, 0.1) is 0 Å². The first kappa shape index (κ1) is 15.6. The highest BCUT2D eigenvalue weighted by Gasteiger charge is 2.24. The molecule has 22 heavy (non-hydrogen) atoms. The molecule has 6 heteroatoms. The van der Waals surface area contributed by atoms with E-state index in [0.29, 0.717) is 31.5 Å². The lowest BCUT2D eigenvalue weighted by Crippen LogP contribution is -2.37. The summed E-state index contributed by atoms with van der Waals surface area (Å²) >= 11 is 0. The fourth-order valence-corrected chi connectivity index (χ4v) is 2.30. The molecule has 114 valence electrons. The number of aliphatic carboxylic acids is 1. The highest BCUT2D eigenvalue weighted by Crippen LogP contribution is 2.20. The third-order valence-corrected chi connectivity index (χ3v) is 3.51. The van der Waals surface area contributed by atoms with Gasteiger partial charge < -0.3 is 14.7 Å². The molecule has 1 amide bonds. The van der Waals surface area contributed by atoms with Crippen molar-refractivity contribution in [1.82, 2.24) is 4.90 Å². The lowest BCUT2D eigenvalue weighted by atomic mass is 9.99. The number of carbonyl (C=O) groups is 2. The number of nitriles is 1. The number of nitrogens with zero attached hydrogens (tertiary/aromatic N) is 2. The van der Waals surface area contributed by atoms with Crippen molar-refractivity contribution in [2.24, 2.45) is 0 Å². The van der Waals surface area contributed by atoms with E-state index in [1.165, 1.54) is 4.90 Å². The van der Waals surface area contributed by atoms with Crippen molar-refractivity contribution in [1.29, 1.82) is 5.26 Å². The summed E-state index contributed by atoms with van der Waals surface area (Å²) in [5.74, 6) is -1.21. The predicted octanol–water partition coefficient (Wildman–Crippen LogP) is 2.32. The molecule has 0 radical (unpaired) electrons. The Morgan fingerprint density at radius 3 is 2.41 bits per heavy atom. The Morgan fingerprint density at radius 1 is 1.23 bits per heavy atom. The Morgan fingerprint density at radius 2 is 1.86 bits per heavy atom. The van der Waals surface area contributed by atoms with Gasteiger partial charge in [0, 0.05) is 13.1 Å². The second-order valence-corrected chi connectivity index (χ2v) is 4.92. The molecule has 1 aromatic rings. The van der Waals surface area contributed by atoms with Crippen LogP contribution >= 0.6 is 0 Å². The van der Waals surface area contributed by atoms with E-state index >= 15 is 0 Å². The van der Waals surface area contributed by atoms with E-state index in [9.17, 15) is 9.59 Å². The number of ether oxygens (including phenoxy) is 1. The van der Waals surface area contributed by atoms with Gasteiger partial charge in [-0.3, -0.25) is 0 Å². The van der Waals surface area contributed by atoms with Crippen LogP contribution in [-0.2, 0) is 16.1 Å². The van der Waals surface area contributed by atoms with E-state index in [1.807, 2.05) is 30.3 Å². The summed E-state index contributed by atoms with van der Waals surface area (Å²) in [5.41, 5.74) is 1.28. The highest BCUT2D eigenvalue weighted by molar-refractivity contribution is 5.92. The van der Waals surface area contributed by atoms with E-state index in [4.69, 9.17) is 15.1 Å². The van der Waals surface area contributed by atoms with Crippen molar-refractivity contribution in [3.05, 3.63) is 47.0 Å². The molecule has 2 rings (SSSR count). The van der Waals surface area contributed by atoms with E-state index in [-0.39, 0.29) is 12.2 Å². The molecule has 6 nitrogen and oxygen atoms in total. The average Bonchev–Trinajstić information content (AvgIpc) is 2.54. The Balaban J connectivity index is 1.88. The number of hydrogen-bond acceptors (Lipinski definition) is 4. The van der Waals surface area contributed by atoms with Crippen LogP contribution in [0.25, 0.3) is 0 Å². The number of carbonyl (C=O) groups excluding carboxylic acids is 1. The van der Waals surface area contributed by atoms with Crippen LogP contribution in [0.5, 0.6) is 0 Å². The van der Waals surface area contributed by atoms with Crippen LogP contribution in [-0.4, -0.2) is 35.2 Å². The molecule has 0 atom stereocenters. The van der Waals surface area contributed by atoms with Crippen molar-refractivity contribution in [2.45, 2.75) is 19.4 Å². The molecule has 1 saturated heterocycles. The van der Waals surface area contributed by atoms with Crippen molar-refractivity contribution >= 4 is 12.1 Å².